The highest BCUT2D eigenvalue weighted by atomic mass is 19.1. The van der Waals surface area contributed by atoms with Crippen molar-refractivity contribution in [2.45, 2.75) is 18.9 Å². The van der Waals surface area contributed by atoms with Crippen LogP contribution in [0.1, 0.15) is 12.8 Å². The van der Waals surface area contributed by atoms with Gasteiger partial charge in [-0.1, -0.05) is 0 Å². The van der Waals surface area contributed by atoms with Crippen molar-refractivity contribution >= 4 is 5.65 Å². The fourth-order valence-electron chi connectivity index (χ4n) is 3.33. The molecule has 0 unspecified atom stereocenters. The van der Waals surface area contributed by atoms with Crippen molar-refractivity contribution in [2.75, 3.05) is 39.6 Å². The van der Waals surface area contributed by atoms with E-state index >= 15 is 0 Å². The maximum Gasteiger partial charge on any atom is 0.139 e. The zero-order chi connectivity index (χ0) is 19.9. The Labute approximate surface area is 169 Å². The van der Waals surface area contributed by atoms with E-state index in [1.165, 1.54) is 12.3 Å². The summed E-state index contributed by atoms with van der Waals surface area (Å²) < 4.78 is 37.6. The maximum atomic E-state index is 13.5. The zero-order valence-electron chi connectivity index (χ0n) is 16.3. The number of hydrogen-bond donors (Lipinski definition) is 0. The lowest BCUT2D eigenvalue weighted by molar-refractivity contribution is -0.0509. The first-order chi connectivity index (χ1) is 14.3. The van der Waals surface area contributed by atoms with Gasteiger partial charge >= 0.3 is 0 Å². The van der Waals surface area contributed by atoms with E-state index in [1.54, 1.807) is 16.7 Å². The Morgan fingerprint density at radius 2 is 1.79 bits per heavy atom. The normalized spacial score (nSPS) is 15.1. The van der Waals surface area contributed by atoms with Gasteiger partial charge in [0.15, 0.2) is 0 Å². The van der Waals surface area contributed by atoms with Crippen LogP contribution in [0.25, 0.3) is 16.9 Å². The molecule has 2 aromatic heterocycles. The summed E-state index contributed by atoms with van der Waals surface area (Å²) in [5.41, 5.74) is 2.48. The molecule has 1 aliphatic rings. The van der Waals surface area contributed by atoms with E-state index in [2.05, 4.69) is 4.98 Å². The molecule has 1 saturated heterocycles. The van der Waals surface area contributed by atoms with Crippen LogP contribution in [-0.4, -0.2) is 55.1 Å². The van der Waals surface area contributed by atoms with Gasteiger partial charge < -0.3 is 18.9 Å². The number of nitrogens with zero attached hydrogens (tertiary/aromatic N) is 2. The van der Waals surface area contributed by atoms with Gasteiger partial charge in [0.2, 0.25) is 0 Å². The number of hydrogen-bond acceptors (Lipinski definition) is 5. The number of aromatic nitrogens is 2. The van der Waals surface area contributed by atoms with Gasteiger partial charge in [0.25, 0.3) is 0 Å². The van der Waals surface area contributed by atoms with Crippen LogP contribution in [0.4, 0.5) is 4.39 Å². The van der Waals surface area contributed by atoms with Gasteiger partial charge in [-0.3, -0.25) is 4.40 Å². The van der Waals surface area contributed by atoms with Crippen molar-refractivity contribution in [1.29, 1.82) is 0 Å². The number of rotatable bonds is 9. The van der Waals surface area contributed by atoms with Crippen molar-refractivity contribution in [1.82, 2.24) is 9.38 Å². The van der Waals surface area contributed by atoms with Gasteiger partial charge in [-0.25, -0.2) is 9.37 Å². The molecule has 0 amide bonds. The molecule has 1 fully saturated rings. The summed E-state index contributed by atoms with van der Waals surface area (Å²) >= 11 is 0. The third-order valence-corrected chi connectivity index (χ3v) is 4.87. The summed E-state index contributed by atoms with van der Waals surface area (Å²) in [6.07, 6.45) is 5.39. The predicted octanol–water partition coefficient (Wildman–Crippen LogP) is 3.73. The van der Waals surface area contributed by atoms with Crippen LogP contribution >= 0.6 is 0 Å². The fourth-order valence-corrected chi connectivity index (χ4v) is 3.33. The van der Waals surface area contributed by atoms with E-state index in [0.29, 0.717) is 38.2 Å². The second-order valence-corrected chi connectivity index (χ2v) is 6.89. The fraction of sp³-hybridized carbons (Fsp3) is 0.409. The van der Waals surface area contributed by atoms with Crippen LogP contribution in [0.5, 0.6) is 5.75 Å². The summed E-state index contributed by atoms with van der Waals surface area (Å²) in [7, 11) is 0. The minimum Gasteiger partial charge on any atom is -0.491 e. The first kappa shape index (κ1) is 19.8. The molecule has 6 nitrogen and oxygen atoms in total. The average Bonchev–Trinajstić information content (AvgIpc) is 3.17. The Kier molecular flexibility index (Phi) is 6.71. The number of fused-ring (bicyclic) bond motifs is 1. The quantitative estimate of drug-likeness (QED) is 0.513. The molecule has 0 atom stereocenters. The maximum absolute atomic E-state index is 13.5. The van der Waals surface area contributed by atoms with E-state index in [-0.39, 0.29) is 5.82 Å². The largest absolute Gasteiger partial charge is 0.491 e. The summed E-state index contributed by atoms with van der Waals surface area (Å²) in [6, 6.07) is 10.7. The highest BCUT2D eigenvalue weighted by Crippen LogP contribution is 2.23. The highest BCUT2D eigenvalue weighted by Gasteiger charge is 2.13. The molecule has 0 radical (unpaired) electrons. The van der Waals surface area contributed by atoms with Gasteiger partial charge in [-0.2, -0.15) is 0 Å². The standard InChI is InChI=1S/C22H25FN2O4/c23-18-3-6-22-24-15-21(25(22)16-18)17-1-4-19(5-2-17)28-13-11-27-12-14-29-20-7-9-26-10-8-20/h1-6,15-16,20H,7-14H2. The van der Waals surface area contributed by atoms with Crippen LogP contribution < -0.4 is 4.74 Å². The SMILES string of the molecule is Fc1ccc2ncc(-c3ccc(OCCOCCOC4CCOCC4)cc3)n2c1. The van der Waals surface area contributed by atoms with E-state index in [0.717, 1.165) is 43.1 Å². The Bertz CT molecular complexity index is 907. The molecule has 7 heteroatoms. The average molecular weight is 400 g/mol. The molecule has 1 aromatic carbocycles. The van der Waals surface area contributed by atoms with Crippen molar-refractivity contribution in [3.05, 3.63) is 54.6 Å². The van der Waals surface area contributed by atoms with E-state index in [1.807, 2.05) is 24.3 Å². The van der Waals surface area contributed by atoms with Crippen molar-refractivity contribution in [3.8, 4) is 17.0 Å². The minimum absolute atomic E-state index is 0.296. The van der Waals surface area contributed by atoms with E-state index in [4.69, 9.17) is 18.9 Å². The summed E-state index contributed by atoms with van der Waals surface area (Å²) in [4.78, 5) is 4.31. The smallest absolute Gasteiger partial charge is 0.139 e. The minimum atomic E-state index is -0.296. The van der Waals surface area contributed by atoms with E-state index < -0.39 is 0 Å². The van der Waals surface area contributed by atoms with Crippen molar-refractivity contribution in [3.63, 3.8) is 0 Å². The lowest BCUT2D eigenvalue weighted by Crippen LogP contribution is -2.25. The summed E-state index contributed by atoms with van der Waals surface area (Å²) in [5, 5.41) is 0. The molecule has 1 aliphatic heterocycles. The Balaban J connectivity index is 1.19. The number of imidazole rings is 1. The topological polar surface area (TPSA) is 54.2 Å². The van der Waals surface area contributed by atoms with Crippen LogP contribution in [-0.2, 0) is 14.2 Å². The molecule has 154 valence electrons. The molecule has 3 aromatic rings. The Morgan fingerprint density at radius 1 is 1.00 bits per heavy atom. The second kappa shape index (κ2) is 9.82. The highest BCUT2D eigenvalue weighted by molar-refractivity contribution is 5.64. The second-order valence-electron chi connectivity index (χ2n) is 6.89. The number of ether oxygens (including phenoxy) is 4. The molecule has 3 heterocycles. The number of halogens is 1. The van der Waals surface area contributed by atoms with E-state index in [9.17, 15) is 4.39 Å². The van der Waals surface area contributed by atoms with Crippen LogP contribution in [0.2, 0.25) is 0 Å². The third kappa shape index (κ3) is 5.32. The van der Waals surface area contributed by atoms with Crippen LogP contribution in [0, 0.1) is 5.82 Å². The van der Waals surface area contributed by atoms with Gasteiger partial charge in [0.05, 0.1) is 37.8 Å². The first-order valence-electron chi connectivity index (χ1n) is 9.92. The molecular formula is C22H25FN2O4. The Morgan fingerprint density at radius 3 is 2.62 bits per heavy atom. The predicted molar refractivity (Wildman–Crippen MR) is 107 cm³/mol. The lowest BCUT2D eigenvalue weighted by Gasteiger charge is -2.22. The third-order valence-electron chi connectivity index (χ3n) is 4.87. The zero-order valence-corrected chi connectivity index (χ0v) is 16.3. The molecule has 0 aliphatic carbocycles. The van der Waals surface area contributed by atoms with Crippen LogP contribution in [0.3, 0.4) is 0 Å². The van der Waals surface area contributed by atoms with Gasteiger partial charge in [-0.15, -0.1) is 0 Å². The molecule has 0 spiro atoms. The van der Waals surface area contributed by atoms with Gasteiger partial charge in [0, 0.05) is 25.0 Å². The molecule has 0 saturated carbocycles. The Hall–Kier alpha value is -2.48. The monoisotopic (exact) mass is 400 g/mol. The lowest BCUT2D eigenvalue weighted by atomic mass is 10.1. The van der Waals surface area contributed by atoms with Crippen LogP contribution in [0.15, 0.2) is 48.8 Å². The molecule has 29 heavy (non-hydrogen) atoms. The molecule has 4 rings (SSSR count). The number of benzene rings is 1. The molecular weight excluding hydrogens is 375 g/mol. The number of pyridine rings is 1. The van der Waals surface area contributed by atoms with Crippen molar-refractivity contribution < 1.29 is 23.3 Å². The summed E-state index contributed by atoms with van der Waals surface area (Å²) in [6.45, 7) is 3.70. The molecule has 0 N–H and O–H groups in total. The van der Waals surface area contributed by atoms with Crippen molar-refractivity contribution in [2.24, 2.45) is 0 Å². The molecule has 0 bridgehead atoms. The van der Waals surface area contributed by atoms with Gasteiger partial charge in [-0.05, 0) is 49.2 Å². The first-order valence-corrected chi connectivity index (χ1v) is 9.92. The van der Waals surface area contributed by atoms with Gasteiger partial charge in [0.1, 0.15) is 23.8 Å². The summed E-state index contributed by atoms with van der Waals surface area (Å²) in [5.74, 6) is 0.464.